The van der Waals surface area contributed by atoms with Crippen molar-refractivity contribution in [2.24, 2.45) is 0 Å². The van der Waals surface area contributed by atoms with Gasteiger partial charge in [-0.15, -0.1) is 0 Å². The van der Waals surface area contributed by atoms with E-state index >= 15 is 0 Å². The second-order valence-electron chi connectivity index (χ2n) is 8.66. The summed E-state index contributed by atoms with van der Waals surface area (Å²) in [4.78, 5) is 14.3. The molecule has 6 nitrogen and oxygen atoms in total. The number of aryl methyl sites for hydroxylation is 1. The fourth-order valence-corrected chi connectivity index (χ4v) is 5.20. The number of likely N-dealkylation sites (tertiary alicyclic amines) is 1. The summed E-state index contributed by atoms with van der Waals surface area (Å²) in [5, 5.41) is 7.37. The quantitative estimate of drug-likeness (QED) is 0.519. The third kappa shape index (κ3) is 7.08. The number of nitrogens with zero attached hydrogens (tertiary/aromatic N) is 2. The molecule has 2 aromatic rings. The first kappa shape index (κ1) is 27.9. The molecule has 2 aliphatic rings. The number of amides is 1. The Morgan fingerprint density at radius 1 is 1.06 bits per heavy atom. The van der Waals surface area contributed by atoms with Gasteiger partial charge in [0.05, 0.1) is 32.1 Å². The number of benzene rings is 1. The Morgan fingerprint density at radius 2 is 1.74 bits per heavy atom. The number of aromatic nitrogens is 2. The maximum atomic E-state index is 12.5. The molecule has 0 spiro atoms. The number of nitrogens with one attached hydrogen (secondary N) is 1. The van der Waals surface area contributed by atoms with Crippen LogP contribution in [-0.4, -0.2) is 53.6 Å². The molecule has 1 saturated carbocycles. The monoisotopic (exact) mass is 471 g/mol. The molecule has 2 fully saturated rings. The van der Waals surface area contributed by atoms with Crippen molar-refractivity contribution in [3.05, 3.63) is 53.3 Å². The van der Waals surface area contributed by atoms with Gasteiger partial charge in [-0.25, -0.2) is 4.79 Å². The van der Waals surface area contributed by atoms with E-state index in [-0.39, 0.29) is 24.2 Å². The SMILES string of the molecule is CC.CC.COC(=O)N1CCCC(c2[nH]ncc2C)C1COC1CCC(c2ccccc2)CC1. The number of carbonyl (C=O) groups is 1. The Bertz CT molecular complexity index is 815. The molecule has 0 radical (unpaired) electrons. The number of carbonyl (C=O) groups excluding carboxylic acids is 1. The summed E-state index contributed by atoms with van der Waals surface area (Å²) in [7, 11) is 1.45. The van der Waals surface area contributed by atoms with Gasteiger partial charge in [0.25, 0.3) is 0 Å². The molecule has 0 bridgehead atoms. The van der Waals surface area contributed by atoms with Crippen molar-refractivity contribution in [3.63, 3.8) is 0 Å². The average molecular weight is 472 g/mol. The van der Waals surface area contributed by atoms with Gasteiger partial charge in [-0.3, -0.25) is 5.10 Å². The zero-order chi connectivity index (χ0) is 24.9. The highest BCUT2D eigenvalue weighted by Crippen LogP contribution is 2.36. The molecule has 1 aromatic heterocycles. The number of methoxy groups -OCH3 is 1. The number of hydrogen-bond acceptors (Lipinski definition) is 4. The molecule has 1 N–H and O–H groups in total. The summed E-state index contributed by atoms with van der Waals surface area (Å²) < 4.78 is 11.5. The van der Waals surface area contributed by atoms with Crippen LogP contribution in [-0.2, 0) is 9.47 Å². The number of rotatable bonds is 5. The Kier molecular flexibility index (Phi) is 12.2. The van der Waals surface area contributed by atoms with Gasteiger partial charge in [0, 0.05) is 18.2 Å². The highest BCUT2D eigenvalue weighted by atomic mass is 16.5. The molecule has 2 unspecified atom stereocenters. The van der Waals surface area contributed by atoms with Crippen LogP contribution in [0, 0.1) is 6.92 Å². The van der Waals surface area contributed by atoms with E-state index in [1.165, 1.54) is 12.7 Å². The van der Waals surface area contributed by atoms with Crippen molar-refractivity contribution < 1.29 is 14.3 Å². The molecule has 4 rings (SSSR count). The number of piperidine rings is 1. The summed E-state index contributed by atoms with van der Waals surface area (Å²) in [6, 6.07) is 10.8. The number of ether oxygens (including phenoxy) is 2. The standard InChI is InChI=1S/C24H33N3O3.2C2H6/c1-17-15-25-26-23(17)21-9-6-14-27(24(28)29-2)22(21)16-30-20-12-10-19(11-13-20)18-7-4-3-5-8-18;2*1-2/h3-5,7-8,15,19-22H,6,9-14,16H2,1-2H3,(H,25,26);2*1-2H3. The van der Waals surface area contributed by atoms with E-state index in [9.17, 15) is 4.79 Å². The Balaban J connectivity index is 0.000000970. The Morgan fingerprint density at radius 3 is 2.32 bits per heavy atom. The van der Waals surface area contributed by atoms with Crippen LogP contribution in [0.15, 0.2) is 36.5 Å². The smallest absolute Gasteiger partial charge is 0.409 e. The average Bonchev–Trinajstić information content (AvgIpc) is 3.35. The molecule has 1 aliphatic heterocycles. The first-order chi connectivity index (χ1) is 16.7. The van der Waals surface area contributed by atoms with E-state index in [0.29, 0.717) is 19.1 Å². The fourth-order valence-electron chi connectivity index (χ4n) is 5.20. The molecular weight excluding hydrogens is 426 g/mol. The number of H-pyrrole nitrogens is 1. The lowest BCUT2D eigenvalue weighted by Crippen LogP contribution is -2.50. The molecule has 1 aromatic carbocycles. The van der Waals surface area contributed by atoms with Crippen LogP contribution in [0.25, 0.3) is 0 Å². The minimum atomic E-state index is -0.266. The van der Waals surface area contributed by atoms with Crippen molar-refractivity contribution in [3.8, 4) is 0 Å². The van der Waals surface area contributed by atoms with E-state index in [1.54, 1.807) is 0 Å². The van der Waals surface area contributed by atoms with E-state index < -0.39 is 0 Å². The van der Waals surface area contributed by atoms with Crippen LogP contribution >= 0.6 is 0 Å². The topological polar surface area (TPSA) is 67.5 Å². The van der Waals surface area contributed by atoms with Gasteiger partial charge < -0.3 is 14.4 Å². The molecule has 2 heterocycles. The van der Waals surface area contributed by atoms with E-state index in [1.807, 2.05) is 38.8 Å². The summed E-state index contributed by atoms with van der Waals surface area (Å²) in [5.41, 5.74) is 3.69. The van der Waals surface area contributed by atoms with Crippen LogP contribution < -0.4 is 0 Å². The second kappa shape index (κ2) is 14.8. The molecule has 1 amide bonds. The summed E-state index contributed by atoms with van der Waals surface area (Å²) in [5.74, 6) is 0.827. The van der Waals surface area contributed by atoms with Gasteiger partial charge in [0.1, 0.15) is 0 Å². The van der Waals surface area contributed by atoms with Crippen molar-refractivity contribution in [1.82, 2.24) is 15.1 Å². The second-order valence-corrected chi connectivity index (χ2v) is 8.66. The minimum Gasteiger partial charge on any atom is -0.453 e. The summed E-state index contributed by atoms with van der Waals surface area (Å²) >= 11 is 0. The number of hydrogen-bond donors (Lipinski definition) is 1. The van der Waals surface area contributed by atoms with Gasteiger partial charge in [-0.1, -0.05) is 58.0 Å². The van der Waals surface area contributed by atoms with E-state index in [0.717, 1.165) is 49.8 Å². The largest absolute Gasteiger partial charge is 0.453 e. The maximum absolute atomic E-state index is 12.5. The third-order valence-corrected chi connectivity index (χ3v) is 6.87. The lowest BCUT2D eigenvalue weighted by Gasteiger charge is -2.41. The maximum Gasteiger partial charge on any atom is 0.409 e. The van der Waals surface area contributed by atoms with E-state index in [2.05, 4.69) is 47.5 Å². The first-order valence-corrected chi connectivity index (χ1v) is 13.2. The van der Waals surface area contributed by atoms with Gasteiger partial charge in [-0.2, -0.15) is 5.10 Å². The molecule has 1 aliphatic carbocycles. The normalized spacial score (nSPS) is 24.2. The molecule has 1 saturated heterocycles. The molecule has 34 heavy (non-hydrogen) atoms. The van der Waals surface area contributed by atoms with Crippen LogP contribution in [0.3, 0.4) is 0 Å². The fraction of sp³-hybridized carbons (Fsp3) is 0.643. The predicted octanol–water partition coefficient (Wildman–Crippen LogP) is 6.83. The van der Waals surface area contributed by atoms with Crippen molar-refractivity contribution >= 4 is 6.09 Å². The third-order valence-electron chi connectivity index (χ3n) is 6.87. The van der Waals surface area contributed by atoms with Crippen LogP contribution in [0.1, 0.15) is 94.9 Å². The zero-order valence-corrected chi connectivity index (χ0v) is 22.0. The zero-order valence-electron chi connectivity index (χ0n) is 22.0. The van der Waals surface area contributed by atoms with Crippen LogP contribution in [0.5, 0.6) is 0 Å². The highest BCUT2D eigenvalue weighted by molar-refractivity contribution is 5.68. The minimum absolute atomic E-state index is 0.0304. The lowest BCUT2D eigenvalue weighted by molar-refractivity contribution is -0.0242. The van der Waals surface area contributed by atoms with Gasteiger partial charge in [-0.05, 0) is 62.5 Å². The van der Waals surface area contributed by atoms with Crippen molar-refractivity contribution in [2.75, 3.05) is 20.3 Å². The molecular formula is C28H45N3O3. The summed E-state index contributed by atoms with van der Waals surface area (Å²) in [6.07, 6.45) is 8.27. The van der Waals surface area contributed by atoms with Gasteiger partial charge in [0.15, 0.2) is 0 Å². The van der Waals surface area contributed by atoms with E-state index in [4.69, 9.17) is 9.47 Å². The van der Waals surface area contributed by atoms with Gasteiger partial charge in [0.2, 0.25) is 0 Å². The molecule has 6 heteroatoms. The van der Waals surface area contributed by atoms with Crippen LogP contribution in [0.4, 0.5) is 4.79 Å². The van der Waals surface area contributed by atoms with Crippen LogP contribution in [0.2, 0.25) is 0 Å². The van der Waals surface area contributed by atoms with Crippen molar-refractivity contribution in [2.45, 2.75) is 97.1 Å². The lowest BCUT2D eigenvalue weighted by atomic mass is 9.82. The predicted molar refractivity (Wildman–Crippen MR) is 138 cm³/mol. The molecule has 190 valence electrons. The highest BCUT2D eigenvalue weighted by Gasteiger charge is 2.38. The summed E-state index contributed by atoms with van der Waals surface area (Å²) in [6.45, 7) is 11.3. The first-order valence-electron chi connectivity index (χ1n) is 13.2. The Labute approximate surface area is 206 Å². The molecule has 2 atom stereocenters. The van der Waals surface area contributed by atoms with Crippen molar-refractivity contribution in [1.29, 1.82) is 0 Å². The van der Waals surface area contributed by atoms with Gasteiger partial charge >= 0.3 is 6.09 Å². The number of aromatic amines is 1. The Hall–Kier alpha value is -2.34.